The zero-order valence-corrected chi connectivity index (χ0v) is 5.82. The van der Waals surface area contributed by atoms with E-state index in [4.69, 9.17) is 10.9 Å². The predicted octanol–water partition coefficient (Wildman–Crippen LogP) is -1.09. The fourth-order valence-corrected chi connectivity index (χ4v) is 0.812. The first kappa shape index (κ1) is 7.90. The molecule has 0 amide bonds. The molecule has 0 radical (unpaired) electrons. The summed E-state index contributed by atoms with van der Waals surface area (Å²) in [5.41, 5.74) is 1.00. The fraction of sp³-hybridized carbons (Fsp3) is 0.333. The second kappa shape index (κ2) is 2.81. The number of hydrogen-bond acceptors (Lipinski definition) is 4. The number of carbonyl (C=O) groups is 1. The van der Waals surface area contributed by atoms with Crippen LogP contribution in [0.4, 0.5) is 0 Å². The molecule has 1 aliphatic rings. The highest BCUT2D eigenvalue weighted by molar-refractivity contribution is 5.86. The van der Waals surface area contributed by atoms with E-state index in [0.717, 1.165) is 0 Å². The number of aliphatic carboxylic acids is 1. The van der Waals surface area contributed by atoms with E-state index < -0.39 is 11.5 Å². The first-order chi connectivity index (χ1) is 5.21. The zero-order valence-electron chi connectivity index (χ0n) is 5.82. The SMILES string of the molecule is NNC1(C(=O)O)C=CC=NC1. The van der Waals surface area contributed by atoms with Gasteiger partial charge in [0, 0.05) is 6.21 Å². The lowest BCUT2D eigenvalue weighted by molar-refractivity contribution is -0.142. The van der Waals surface area contributed by atoms with E-state index in [1.165, 1.54) is 6.08 Å². The van der Waals surface area contributed by atoms with Gasteiger partial charge in [-0.1, -0.05) is 0 Å². The summed E-state index contributed by atoms with van der Waals surface area (Å²) >= 11 is 0. The summed E-state index contributed by atoms with van der Waals surface area (Å²) in [6.45, 7) is 0.134. The highest BCUT2D eigenvalue weighted by atomic mass is 16.4. The summed E-state index contributed by atoms with van der Waals surface area (Å²) in [6.07, 6.45) is 4.57. The second-order valence-corrected chi connectivity index (χ2v) is 2.27. The van der Waals surface area contributed by atoms with Gasteiger partial charge in [-0.05, 0) is 12.2 Å². The maximum absolute atomic E-state index is 10.6. The lowest BCUT2D eigenvalue weighted by Crippen LogP contribution is -2.57. The molecule has 1 atom stereocenters. The number of hydrazine groups is 1. The third-order valence-corrected chi connectivity index (χ3v) is 1.55. The van der Waals surface area contributed by atoms with E-state index in [0.29, 0.717) is 0 Å². The van der Waals surface area contributed by atoms with Crippen molar-refractivity contribution < 1.29 is 9.90 Å². The number of carboxylic acid groups (broad SMARTS) is 1. The van der Waals surface area contributed by atoms with Crippen molar-refractivity contribution in [3.8, 4) is 0 Å². The molecule has 5 nitrogen and oxygen atoms in total. The van der Waals surface area contributed by atoms with Crippen LogP contribution < -0.4 is 11.3 Å². The molecule has 0 aromatic rings. The van der Waals surface area contributed by atoms with Gasteiger partial charge in [0.1, 0.15) is 0 Å². The van der Waals surface area contributed by atoms with Gasteiger partial charge in [-0.25, -0.2) is 10.2 Å². The number of nitrogens with zero attached hydrogens (tertiary/aromatic N) is 1. The van der Waals surface area contributed by atoms with E-state index in [9.17, 15) is 4.79 Å². The topological polar surface area (TPSA) is 87.7 Å². The van der Waals surface area contributed by atoms with Crippen LogP contribution >= 0.6 is 0 Å². The van der Waals surface area contributed by atoms with Crippen LogP contribution in [0.15, 0.2) is 17.1 Å². The monoisotopic (exact) mass is 155 g/mol. The summed E-state index contributed by atoms with van der Waals surface area (Å²) in [5, 5.41) is 8.72. The van der Waals surface area contributed by atoms with Crippen molar-refractivity contribution in [2.45, 2.75) is 5.54 Å². The van der Waals surface area contributed by atoms with Crippen LogP contribution in [0.2, 0.25) is 0 Å². The molecular weight excluding hydrogens is 146 g/mol. The largest absolute Gasteiger partial charge is 0.480 e. The quantitative estimate of drug-likeness (QED) is 0.349. The molecule has 0 aromatic carbocycles. The zero-order chi connectivity index (χ0) is 8.32. The van der Waals surface area contributed by atoms with Crippen LogP contribution in [-0.2, 0) is 4.79 Å². The van der Waals surface area contributed by atoms with Crippen LogP contribution in [0.5, 0.6) is 0 Å². The van der Waals surface area contributed by atoms with Crippen LogP contribution in [0.1, 0.15) is 0 Å². The van der Waals surface area contributed by atoms with Gasteiger partial charge in [0.2, 0.25) is 0 Å². The molecule has 5 heteroatoms. The smallest absolute Gasteiger partial charge is 0.331 e. The van der Waals surface area contributed by atoms with Crippen molar-refractivity contribution in [2.75, 3.05) is 6.54 Å². The van der Waals surface area contributed by atoms with E-state index in [1.54, 1.807) is 12.3 Å². The Hall–Kier alpha value is -1.20. The van der Waals surface area contributed by atoms with E-state index in [1.807, 2.05) is 0 Å². The highest BCUT2D eigenvalue weighted by Gasteiger charge is 2.35. The number of carboxylic acids is 1. The molecule has 1 heterocycles. The molecule has 0 aliphatic carbocycles. The standard InChI is InChI=1S/C6H9N3O2/c7-9-6(5(10)11)2-1-3-8-4-6/h1-3,9H,4,7H2,(H,10,11). The predicted molar refractivity (Wildman–Crippen MR) is 40.2 cm³/mol. The van der Waals surface area contributed by atoms with E-state index >= 15 is 0 Å². The van der Waals surface area contributed by atoms with Gasteiger partial charge in [-0.15, -0.1) is 0 Å². The van der Waals surface area contributed by atoms with Crippen molar-refractivity contribution in [1.29, 1.82) is 0 Å². The van der Waals surface area contributed by atoms with Gasteiger partial charge >= 0.3 is 5.97 Å². The number of rotatable bonds is 2. The Bertz CT molecular complexity index is 224. The Morgan fingerprint density at radius 1 is 1.82 bits per heavy atom. The maximum Gasteiger partial charge on any atom is 0.331 e. The number of nitrogens with one attached hydrogen (secondary N) is 1. The first-order valence-electron chi connectivity index (χ1n) is 3.10. The summed E-state index contributed by atoms with van der Waals surface area (Å²) in [5.74, 6) is 4.06. The first-order valence-corrected chi connectivity index (χ1v) is 3.10. The Labute approximate surface area is 63.6 Å². The van der Waals surface area contributed by atoms with Crippen molar-refractivity contribution in [2.24, 2.45) is 10.8 Å². The molecule has 0 saturated heterocycles. The normalized spacial score (nSPS) is 28.8. The van der Waals surface area contributed by atoms with Crippen LogP contribution in [0, 0.1) is 0 Å². The third-order valence-electron chi connectivity index (χ3n) is 1.55. The molecule has 1 rings (SSSR count). The Morgan fingerprint density at radius 3 is 2.82 bits per heavy atom. The molecule has 0 bridgehead atoms. The molecular formula is C6H9N3O2. The van der Waals surface area contributed by atoms with E-state index in [2.05, 4.69) is 10.4 Å². The summed E-state index contributed by atoms with van der Waals surface area (Å²) < 4.78 is 0. The average Bonchev–Trinajstić information content (AvgIpc) is 2.05. The summed E-state index contributed by atoms with van der Waals surface area (Å²) in [6, 6.07) is 0. The number of dihydropyridines is 1. The molecule has 0 saturated carbocycles. The number of allylic oxidation sites excluding steroid dienone is 1. The average molecular weight is 155 g/mol. The lowest BCUT2D eigenvalue weighted by atomic mass is 9.99. The minimum atomic E-state index is -1.21. The van der Waals surface area contributed by atoms with Crippen molar-refractivity contribution in [3.63, 3.8) is 0 Å². The van der Waals surface area contributed by atoms with Crippen LogP contribution in [0.3, 0.4) is 0 Å². The van der Waals surface area contributed by atoms with Gasteiger partial charge in [0.25, 0.3) is 0 Å². The molecule has 0 aromatic heterocycles. The van der Waals surface area contributed by atoms with Crippen molar-refractivity contribution >= 4 is 12.2 Å². The van der Waals surface area contributed by atoms with Crippen LogP contribution in [0.25, 0.3) is 0 Å². The third kappa shape index (κ3) is 1.28. The Balaban J connectivity index is 2.85. The van der Waals surface area contributed by atoms with Crippen molar-refractivity contribution in [3.05, 3.63) is 12.2 Å². The van der Waals surface area contributed by atoms with Gasteiger partial charge in [-0.2, -0.15) is 0 Å². The van der Waals surface area contributed by atoms with Crippen molar-refractivity contribution in [1.82, 2.24) is 5.43 Å². The summed E-state index contributed by atoms with van der Waals surface area (Å²) in [7, 11) is 0. The second-order valence-electron chi connectivity index (χ2n) is 2.27. The molecule has 1 unspecified atom stereocenters. The van der Waals surface area contributed by atoms with Gasteiger partial charge < -0.3 is 5.11 Å². The summed E-state index contributed by atoms with van der Waals surface area (Å²) in [4.78, 5) is 14.4. The van der Waals surface area contributed by atoms with Crippen LogP contribution in [-0.4, -0.2) is 29.4 Å². The molecule has 0 fully saturated rings. The number of hydrogen-bond donors (Lipinski definition) is 3. The lowest BCUT2D eigenvalue weighted by Gasteiger charge is -2.24. The van der Waals surface area contributed by atoms with Gasteiger partial charge in [0.05, 0.1) is 6.54 Å². The Morgan fingerprint density at radius 2 is 2.55 bits per heavy atom. The molecule has 0 spiro atoms. The molecule has 4 N–H and O–H groups in total. The van der Waals surface area contributed by atoms with E-state index in [-0.39, 0.29) is 6.54 Å². The number of aliphatic imine (C=N–C) groups is 1. The minimum absolute atomic E-state index is 0.134. The fourth-order valence-electron chi connectivity index (χ4n) is 0.812. The van der Waals surface area contributed by atoms with Gasteiger partial charge in [-0.3, -0.25) is 10.8 Å². The Kier molecular flexibility index (Phi) is 2.02. The number of nitrogens with two attached hydrogens (primary N) is 1. The highest BCUT2D eigenvalue weighted by Crippen LogP contribution is 2.09. The minimum Gasteiger partial charge on any atom is -0.480 e. The van der Waals surface area contributed by atoms with Gasteiger partial charge in [0.15, 0.2) is 5.54 Å². The molecule has 60 valence electrons. The molecule has 1 aliphatic heterocycles. The maximum atomic E-state index is 10.6. The molecule has 11 heavy (non-hydrogen) atoms.